The Morgan fingerprint density at radius 1 is 1.29 bits per heavy atom. The number of likely N-dealkylation sites (tertiary alicyclic amines) is 1. The summed E-state index contributed by atoms with van der Waals surface area (Å²) >= 11 is 1.22. The molecule has 0 bridgehead atoms. The molecule has 180 valence electrons. The third-order valence-electron chi connectivity index (χ3n) is 5.65. The quantitative estimate of drug-likeness (QED) is 0.316. The highest BCUT2D eigenvalue weighted by molar-refractivity contribution is 7.13. The number of carbonyl (C=O) groups excluding carboxylic acids is 2. The molecule has 0 unspecified atom stereocenters. The zero-order chi connectivity index (χ0) is 24.3. The van der Waals surface area contributed by atoms with Crippen LogP contribution in [0.5, 0.6) is 0 Å². The smallest absolute Gasteiger partial charge is 0.266 e. The number of nitriles is 1. The molecular formula is C25H31N5O3S. The monoisotopic (exact) mass is 481 g/mol. The summed E-state index contributed by atoms with van der Waals surface area (Å²) < 4.78 is 5.04. The molecule has 2 amide bonds. The van der Waals surface area contributed by atoms with Crippen molar-refractivity contribution in [3.05, 3.63) is 51.2 Å². The lowest BCUT2D eigenvalue weighted by Crippen LogP contribution is -2.29. The van der Waals surface area contributed by atoms with Crippen LogP contribution < -0.4 is 5.32 Å². The fourth-order valence-electron chi connectivity index (χ4n) is 3.75. The second-order valence-corrected chi connectivity index (χ2v) is 9.08. The summed E-state index contributed by atoms with van der Waals surface area (Å²) in [7, 11) is 3.32. The number of methoxy groups -OCH3 is 1. The number of hydrogen-bond donors (Lipinski definition) is 1. The van der Waals surface area contributed by atoms with Crippen molar-refractivity contribution in [1.29, 1.82) is 5.26 Å². The molecule has 1 aliphatic rings. The van der Waals surface area contributed by atoms with Gasteiger partial charge in [-0.25, -0.2) is 4.99 Å². The zero-order valence-corrected chi connectivity index (χ0v) is 20.6. The molecule has 3 rings (SSSR count). The van der Waals surface area contributed by atoms with Gasteiger partial charge in [-0.05, 0) is 37.3 Å². The van der Waals surface area contributed by atoms with E-state index in [2.05, 4.69) is 21.3 Å². The Labute approximate surface area is 204 Å². The van der Waals surface area contributed by atoms with Gasteiger partial charge in [0.15, 0.2) is 0 Å². The number of piperidine rings is 1. The highest BCUT2D eigenvalue weighted by Crippen LogP contribution is 2.32. The van der Waals surface area contributed by atoms with E-state index in [0.29, 0.717) is 41.3 Å². The van der Waals surface area contributed by atoms with Crippen LogP contribution >= 0.6 is 11.3 Å². The SMILES string of the molecule is COCCCNC(=O)c1csc(C(=O)N(C)Cc2ccccc2C#N)c1/N=C/N1CCCCC1. The van der Waals surface area contributed by atoms with Crippen LogP contribution in [-0.2, 0) is 11.3 Å². The van der Waals surface area contributed by atoms with E-state index >= 15 is 0 Å². The average Bonchev–Trinajstić information content (AvgIpc) is 3.29. The number of ether oxygens (including phenoxy) is 1. The molecule has 0 aliphatic carbocycles. The lowest BCUT2D eigenvalue weighted by molar-refractivity contribution is 0.0790. The van der Waals surface area contributed by atoms with Gasteiger partial charge in [0, 0.05) is 52.3 Å². The molecule has 0 saturated carbocycles. The molecule has 2 heterocycles. The van der Waals surface area contributed by atoms with E-state index in [1.165, 1.54) is 17.8 Å². The van der Waals surface area contributed by atoms with Gasteiger partial charge in [-0.15, -0.1) is 11.3 Å². The van der Waals surface area contributed by atoms with E-state index in [4.69, 9.17) is 4.74 Å². The number of aliphatic imine (C=N–C) groups is 1. The van der Waals surface area contributed by atoms with E-state index in [-0.39, 0.29) is 18.4 Å². The fourth-order valence-corrected chi connectivity index (χ4v) is 4.73. The van der Waals surface area contributed by atoms with Crippen molar-refractivity contribution >= 4 is 35.2 Å². The molecule has 0 spiro atoms. The maximum Gasteiger partial charge on any atom is 0.266 e. The van der Waals surface area contributed by atoms with Crippen LogP contribution in [0.3, 0.4) is 0 Å². The van der Waals surface area contributed by atoms with Gasteiger partial charge in [0.2, 0.25) is 0 Å². The van der Waals surface area contributed by atoms with E-state index in [9.17, 15) is 14.9 Å². The van der Waals surface area contributed by atoms with E-state index < -0.39 is 0 Å². The summed E-state index contributed by atoms with van der Waals surface area (Å²) in [4.78, 5) is 35.0. The molecule has 8 nitrogen and oxygen atoms in total. The van der Waals surface area contributed by atoms with Crippen molar-refractivity contribution in [2.24, 2.45) is 4.99 Å². The van der Waals surface area contributed by atoms with Crippen LogP contribution in [0.25, 0.3) is 0 Å². The lowest BCUT2D eigenvalue weighted by Gasteiger charge is -2.24. The number of hydrogen-bond acceptors (Lipinski definition) is 6. The van der Waals surface area contributed by atoms with Crippen LogP contribution in [-0.4, -0.2) is 68.4 Å². The Morgan fingerprint density at radius 2 is 2.06 bits per heavy atom. The summed E-state index contributed by atoms with van der Waals surface area (Å²) in [5.41, 5.74) is 2.09. The van der Waals surface area contributed by atoms with Crippen LogP contribution in [0.15, 0.2) is 34.6 Å². The first-order valence-corrected chi connectivity index (χ1v) is 12.3. The number of nitrogens with one attached hydrogen (secondary N) is 1. The van der Waals surface area contributed by atoms with Crippen LogP contribution in [0.2, 0.25) is 0 Å². The molecule has 1 saturated heterocycles. The first-order chi connectivity index (χ1) is 16.5. The van der Waals surface area contributed by atoms with Gasteiger partial charge in [0.05, 0.1) is 23.5 Å². The number of thiophene rings is 1. The second-order valence-electron chi connectivity index (χ2n) is 8.20. The molecule has 1 N–H and O–H groups in total. The number of amides is 2. The maximum atomic E-state index is 13.4. The predicted octanol–water partition coefficient (Wildman–Crippen LogP) is 3.80. The minimum absolute atomic E-state index is 0.234. The average molecular weight is 482 g/mol. The molecule has 1 aliphatic heterocycles. The molecule has 2 aromatic rings. The van der Waals surface area contributed by atoms with Crippen LogP contribution in [0.1, 0.15) is 56.8 Å². The highest BCUT2D eigenvalue weighted by atomic mass is 32.1. The number of benzene rings is 1. The van der Waals surface area contributed by atoms with Gasteiger partial charge < -0.3 is 19.9 Å². The van der Waals surface area contributed by atoms with Gasteiger partial charge in [-0.1, -0.05) is 18.2 Å². The van der Waals surface area contributed by atoms with Gasteiger partial charge in [-0.2, -0.15) is 5.26 Å². The Morgan fingerprint density at radius 3 is 2.79 bits per heavy atom. The van der Waals surface area contributed by atoms with Gasteiger partial charge in [0.25, 0.3) is 11.8 Å². The fraction of sp³-hybridized carbons (Fsp3) is 0.440. The highest BCUT2D eigenvalue weighted by Gasteiger charge is 2.25. The summed E-state index contributed by atoms with van der Waals surface area (Å²) in [5.74, 6) is -0.489. The van der Waals surface area contributed by atoms with Crippen molar-refractivity contribution in [1.82, 2.24) is 15.1 Å². The molecule has 34 heavy (non-hydrogen) atoms. The summed E-state index contributed by atoms with van der Waals surface area (Å²) in [6.45, 7) is 3.16. The second kappa shape index (κ2) is 12.9. The minimum Gasteiger partial charge on any atom is -0.385 e. The first-order valence-electron chi connectivity index (χ1n) is 11.5. The first kappa shape index (κ1) is 25.4. The molecule has 1 aromatic heterocycles. The van der Waals surface area contributed by atoms with Gasteiger partial charge in [0.1, 0.15) is 10.6 Å². The van der Waals surface area contributed by atoms with Crippen molar-refractivity contribution < 1.29 is 14.3 Å². The largest absolute Gasteiger partial charge is 0.385 e. The number of rotatable bonds is 10. The number of carbonyl (C=O) groups is 2. The number of nitrogens with zero attached hydrogens (tertiary/aromatic N) is 4. The Balaban J connectivity index is 1.83. The Bertz CT molecular complexity index is 1050. The summed E-state index contributed by atoms with van der Waals surface area (Å²) in [6.07, 6.45) is 5.87. The van der Waals surface area contributed by atoms with Crippen molar-refractivity contribution in [2.75, 3.05) is 40.4 Å². The zero-order valence-electron chi connectivity index (χ0n) is 19.7. The minimum atomic E-state index is -0.255. The topological polar surface area (TPSA) is 98.0 Å². The third-order valence-corrected chi connectivity index (χ3v) is 6.60. The molecule has 1 fully saturated rings. The molecular weight excluding hydrogens is 450 g/mol. The molecule has 0 atom stereocenters. The van der Waals surface area contributed by atoms with Crippen molar-refractivity contribution in [2.45, 2.75) is 32.2 Å². The summed E-state index contributed by atoms with van der Waals surface area (Å²) in [6, 6.07) is 9.39. The molecule has 0 radical (unpaired) electrons. The van der Waals surface area contributed by atoms with E-state index in [0.717, 1.165) is 31.5 Å². The normalized spacial score (nSPS) is 13.6. The van der Waals surface area contributed by atoms with Crippen LogP contribution in [0, 0.1) is 11.3 Å². The molecule has 9 heteroatoms. The maximum absolute atomic E-state index is 13.4. The molecule has 1 aromatic carbocycles. The summed E-state index contributed by atoms with van der Waals surface area (Å²) in [5, 5.41) is 13.9. The van der Waals surface area contributed by atoms with E-state index in [1.54, 1.807) is 42.9 Å². The third kappa shape index (κ3) is 6.65. The Kier molecular flexibility index (Phi) is 9.62. The van der Waals surface area contributed by atoms with E-state index in [1.807, 2.05) is 12.1 Å². The Hall–Kier alpha value is -3.22. The lowest BCUT2D eigenvalue weighted by atomic mass is 10.1. The van der Waals surface area contributed by atoms with Gasteiger partial charge >= 0.3 is 0 Å². The van der Waals surface area contributed by atoms with Crippen molar-refractivity contribution in [3.63, 3.8) is 0 Å². The van der Waals surface area contributed by atoms with Crippen molar-refractivity contribution in [3.8, 4) is 6.07 Å². The van der Waals surface area contributed by atoms with Crippen LogP contribution in [0.4, 0.5) is 5.69 Å². The van der Waals surface area contributed by atoms with Gasteiger partial charge in [-0.3, -0.25) is 9.59 Å². The predicted molar refractivity (Wildman–Crippen MR) is 134 cm³/mol. The standard InChI is InChI=1S/C25H31N5O3S/c1-29(16-20-10-5-4-9-19(20)15-26)25(32)23-22(28-18-30-12-6-3-7-13-30)21(17-34-23)24(31)27-11-8-14-33-2/h4-5,9-10,17-18H,3,6-8,11-14,16H2,1-2H3,(H,27,31)/b28-18+.